The summed E-state index contributed by atoms with van der Waals surface area (Å²) in [7, 11) is 1.60. The largest absolute Gasteiger partial charge is 0.497 e. The Kier molecular flexibility index (Phi) is 3.43. The van der Waals surface area contributed by atoms with E-state index in [9.17, 15) is 4.79 Å². The molecule has 108 valence electrons. The summed E-state index contributed by atoms with van der Waals surface area (Å²) in [6, 6.07) is 7.26. The highest BCUT2D eigenvalue weighted by Crippen LogP contribution is 2.24. The van der Waals surface area contributed by atoms with Crippen molar-refractivity contribution < 1.29 is 4.74 Å². The van der Waals surface area contributed by atoms with Crippen molar-refractivity contribution >= 4 is 17.2 Å². The lowest BCUT2D eigenvalue weighted by atomic mass is 10.1. The Hall–Kier alpha value is -2.27. The molecule has 21 heavy (non-hydrogen) atoms. The molecule has 1 aromatic carbocycles. The van der Waals surface area contributed by atoms with Crippen LogP contribution in [0.15, 0.2) is 35.3 Å². The van der Waals surface area contributed by atoms with Crippen LogP contribution in [-0.4, -0.2) is 21.7 Å². The van der Waals surface area contributed by atoms with Crippen molar-refractivity contribution in [3.63, 3.8) is 0 Å². The van der Waals surface area contributed by atoms with Crippen LogP contribution in [0.25, 0.3) is 5.65 Å². The molecule has 1 N–H and O–H groups in total. The molecule has 5 nitrogen and oxygen atoms in total. The predicted octanol–water partition coefficient (Wildman–Crippen LogP) is 2.58. The molecule has 0 unspecified atom stereocenters. The molecular formula is C15H14ClN3O2. The Balaban J connectivity index is 2.05. The molecule has 0 saturated heterocycles. The van der Waals surface area contributed by atoms with Gasteiger partial charge in [0.05, 0.1) is 12.8 Å². The molecule has 0 amide bonds. The summed E-state index contributed by atoms with van der Waals surface area (Å²) in [6.07, 6.45) is 2.19. The highest BCUT2D eigenvalue weighted by atomic mass is 35.5. The van der Waals surface area contributed by atoms with E-state index in [-0.39, 0.29) is 5.56 Å². The quantitative estimate of drug-likeness (QED) is 0.809. The standard InChI is InChI=1S/C15H14ClN3O2/c1-9-13(18-14-5-6-17-19(14)15(9)20)7-10-3-4-11(21-2)8-12(10)16/h3-6,8,17H,7H2,1-2H3. The average molecular weight is 304 g/mol. The summed E-state index contributed by atoms with van der Waals surface area (Å²) in [4.78, 5) is 16.7. The first kappa shape index (κ1) is 13.7. The first-order chi connectivity index (χ1) is 10.1. The van der Waals surface area contributed by atoms with E-state index >= 15 is 0 Å². The predicted molar refractivity (Wildman–Crippen MR) is 81.4 cm³/mol. The molecule has 2 heterocycles. The van der Waals surface area contributed by atoms with Crippen molar-refractivity contribution in [3.8, 4) is 5.75 Å². The number of ether oxygens (including phenoxy) is 1. The number of aromatic nitrogens is 3. The first-order valence-corrected chi connectivity index (χ1v) is 6.86. The van der Waals surface area contributed by atoms with E-state index in [0.29, 0.717) is 28.4 Å². The SMILES string of the molecule is COc1ccc(Cc2nc3cc[nH]n3c(=O)c2C)c(Cl)c1. The molecule has 0 bridgehead atoms. The fraction of sp³-hybridized carbons (Fsp3) is 0.200. The second-order valence-electron chi connectivity index (χ2n) is 4.78. The van der Waals surface area contributed by atoms with Gasteiger partial charge >= 0.3 is 0 Å². The molecule has 3 rings (SSSR count). The van der Waals surface area contributed by atoms with Gasteiger partial charge in [0.15, 0.2) is 5.65 Å². The number of hydrogen-bond donors (Lipinski definition) is 1. The van der Waals surface area contributed by atoms with Gasteiger partial charge in [0.25, 0.3) is 5.56 Å². The van der Waals surface area contributed by atoms with Crippen LogP contribution in [0, 0.1) is 6.92 Å². The molecule has 0 saturated carbocycles. The molecule has 0 radical (unpaired) electrons. The number of H-pyrrole nitrogens is 1. The second kappa shape index (κ2) is 5.26. The number of hydrogen-bond acceptors (Lipinski definition) is 3. The number of nitrogens with zero attached hydrogens (tertiary/aromatic N) is 2. The van der Waals surface area contributed by atoms with Crippen molar-refractivity contribution in [2.45, 2.75) is 13.3 Å². The van der Waals surface area contributed by atoms with Crippen molar-refractivity contribution in [2.75, 3.05) is 7.11 Å². The maximum absolute atomic E-state index is 12.2. The Morgan fingerprint density at radius 1 is 1.38 bits per heavy atom. The van der Waals surface area contributed by atoms with Gasteiger partial charge in [0.2, 0.25) is 0 Å². The van der Waals surface area contributed by atoms with Gasteiger partial charge in [0, 0.05) is 29.3 Å². The van der Waals surface area contributed by atoms with Gasteiger partial charge in [-0.15, -0.1) is 0 Å². The maximum atomic E-state index is 12.2. The molecule has 0 fully saturated rings. The Bertz CT molecular complexity index is 867. The van der Waals surface area contributed by atoms with Crippen LogP contribution in [0.1, 0.15) is 16.8 Å². The third-order valence-corrected chi connectivity index (χ3v) is 3.84. The monoisotopic (exact) mass is 303 g/mol. The summed E-state index contributed by atoms with van der Waals surface area (Å²) in [5.74, 6) is 0.703. The zero-order valence-corrected chi connectivity index (χ0v) is 12.4. The van der Waals surface area contributed by atoms with Gasteiger partial charge in [-0.1, -0.05) is 17.7 Å². The summed E-state index contributed by atoms with van der Waals surface area (Å²) >= 11 is 6.25. The van der Waals surface area contributed by atoms with E-state index in [1.807, 2.05) is 12.1 Å². The van der Waals surface area contributed by atoms with Gasteiger partial charge < -0.3 is 4.74 Å². The van der Waals surface area contributed by atoms with Crippen molar-refractivity contribution in [1.29, 1.82) is 0 Å². The van der Waals surface area contributed by atoms with E-state index in [0.717, 1.165) is 11.3 Å². The number of methoxy groups -OCH3 is 1. The summed E-state index contributed by atoms with van der Waals surface area (Å²) in [5, 5.41) is 3.45. The summed E-state index contributed by atoms with van der Waals surface area (Å²) in [6.45, 7) is 1.77. The molecule has 0 spiro atoms. The van der Waals surface area contributed by atoms with Crippen LogP contribution in [0.2, 0.25) is 5.02 Å². The summed E-state index contributed by atoms with van der Waals surface area (Å²) < 4.78 is 6.56. The van der Waals surface area contributed by atoms with Crippen LogP contribution in [0.3, 0.4) is 0 Å². The zero-order valence-electron chi connectivity index (χ0n) is 11.7. The van der Waals surface area contributed by atoms with Crippen molar-refractivity contribution in [2.24, 2.45) is 0 Å². The minimum atomic E-state index is -0.0929. The fourth-order valence-corrected chi connectivity index (χ4v) is 2.48. The number of benzene rings is 1. The second-order valence-corrected chi connectivity index (χ2v) is 5.19. The molecule has 2 aromatic heterocycles. The number of nitrogens with one attached hydrogen (secondary N) is 1. The van der Waals surface area contributed by atoms with Gasteiger partial charge in [0.1, 0.15) is 5.75 Å². The van der Waals surface area contributed by atoms with E-state index < -0.39 is 0 Å². The van der Waals surface area contributed by atoms with Crippen LogP contribution in [-0.2, 0) is 6.42 Å². The third kappa shape index (κ3) is 2.40. The normalized spacial score (nSPS) is 11.0. The lowest BCUT2D eigenvalue weighted by molar-refractivity contribution is 0.414. The van der Waals surface area contributed by atoms with Crippen molar-refractivity contribution in [3.05, 3.63) is 62.7 Å². The van der Waals surface area contributed by atoms with Crippen molar-refractivity contribution in [1.82, 2.24) is 14.6 Å². The van der Waals surface area contributed by atoms with Crippen LogP contribution >= 0.6 is 11.6 Å². The Morgan fingerprint density at radius 3 is 2.90 bits per heavy atom. The maximum Gasteiger partial charge on any atom is 0.275 e. The minimum Gasteiger partial charge on any atom is -0.497 e. The topological polar surface area (TPSA) is 59.4 Å². The minimum absolute atomic E-state index is 0.0929. The molecule has 0 atom stereocenters. The van der Waals surface area contributed by atoms with Crippen LogP contribution in [0.4, 0.5) is 0 Å². The van der Waals surface area contributed by atoms with E-state index in [1.54, 1.807) is 32.4 Å². The number of aromatic amines is 1. The molecule has 6 heteroatoms. The number of rotatable bonds is 3. The molecule has 0 aliphatic carbocycles. The Morgan fingerprint density at radius 2 is 2.19 bits per heavy atom. The van der Waals surface area contributed by atoms with E-state index in [2.05, 4.69) is 10.1 Å². The number of fused-ring (bicyclic) bond motifs is 1. The van der Waals surface area contributed by atoms with Crippen LogP contribution in [0.5, 0.6) is 5.75 Å². The highest BCUT2D eigenvalue weighted by Gasteiger charge is 2.12. The van der Waals surface area contributed by atoms with Crippen LogP contribution < -0.4 is 10.3 Å². The number of halogens is 1. The molecular weight excluding hydrogens is 290 g/mol. The smallest absolute Gasteiger partial charge is 0.275 e. The van der Waals surface area contributed by atoms with E-state index in [4.69, 9.17) is 16.3 Å². The van der Waals surface area contributed by atoms with Gasteiger partial charge in [-0.3, -0.25) is 9.89 Å². The molecule has 0 aliphatic heterocycles. The highest BCUT2D eigenvalue weighted by molar-refractivity contribution is 6.31. The van der Waals surface area contributed by atoms with E-state index in [1.165, 1.54) is 4.52 Å². The fourth-order valence-electron chi connectivity index (χ4n) is 2.24. The van der Waals surface area contributed by atoms with Gasteiger partial charge in [-0.25, -0.2) is 9.50 Å². The zero-order chi connectivity index (χ0) is 15.0. The first-order valence-electron chi connectivity index (χ1n) is 6.48. The lowest BCUT2D eigenvalue weighted by Gasteiger charge is -2.08. The van der Waals surface area contributed by atoms with Gasteiger partial charge in [-0.05, 0) is 24.6 Å². The van der Waals surface area contributed by atoms with Gasteiger partial charge in [-0.2, -0.15) is 0 Å². The average Bonchev–Trinajstić information content (AvgIpc) is 2.94. The molecule has 0 aliphatic rings. The third-order valence-electron chi connectivity index (χ3n) is 3.49. The molecule has 3 aromatic rings. The Labute approximate surface area is 126 Å². The summed E-state index contributed by atoms with van der Waals surface area (Å²) in [5.41, 5.74) is 2.76. The lowest BCUT2D eigenvalue weighted by Crippen LogP contribution is -2.20.